The second kappa shape index (κ2) is 5.64. The van der Waals surface area contributed by atoms with E-state index in [1.54, 1.807) is 5.51 Å². The van der Waals surface area contributed by atoms with Gasteiger partial charge in [-0.2, -0.15) is 0 Å². The third-order valence-electron chi connectivity index (χ3n) is 3.69. The monoisotopic (exact) mass is 289 g/mol. The van der Waals surface area contributed by atoms with Crippen LogP contribution in [0.1, 0.15) is 37.4 Å². The lowest BCUT2D eigenvalue weighted by Gasteiger charge is -2.32. The first-order valence-corrected chi connectivity index (χ1v) is 8.95. The van der Waals surface area contributed by atoms with Crippen LogP contribution in [-0.4, -0.2) is 24.9 Å². The van der Waals surface area contributed by atoms with Crippen molar-refractivity contribution in [2.24, 2.45) is 11.8 Å². The van der Waals surface area contributed by atoms with Gasteiger partial charge in [-0.25, -0.2) is 13.4 Å². The lowest BCUT2D eigenvalue weighted by Crippen LogP contribution is -2.38. The molecule has 0 radical (unpaired) electrons. The first kappa shape index (κ1) is 13.9. The van der Waals surface area contributed by atoms with E-state index in [4.69, 9.17) is 5.84 Å². The van der Waals surface area contributed by atoms with Gasteiger partial charge in [0, 0.05) is 11.6 Å². The second-order valence-electron chi connectivity index (χ2n) is 4.94. The van der Waals surface area contributed by atoms with Crippen molar-refractivity contribution < 1.29 is 8.42 Å². The lowest BCUT2D eigenvalue weighted by molar-refractivity contribution is 0.271. The predicted molar refractivity (Wildman–Crippen MR) is 72.8 cm³/mol. The van der Waals surface area contributed by atoms with Crippen LogP contribution in [0.4, 0.5) is 0 Å². The van der Waals surface area contributed by atoms with Gasteiger partial charge in [-0.15, -0.1) is 11.3 Å². The Hall–Kier alpha value is -0.500. The summed E-state index contributed by atoms with van der Waals surface area (Å²) < 4.78 is 23.3. The van der Waals surface area contributed by atoms with Crippen LogP contribution in [0.2, 0.25) is 0 Å². The maximum Gasteiger partial charge on any atom is 0.150 e. The highest BCUT2D eigenvalue weighted by Crippen LogP contribution is 2.36. The molecule has 7 heteroatoms. The molecule has 1 saturated carbocycles. The fourth-order valence-electron chi connectivity index (χ4n) is 2.71. The Kier molecular flexibility index (Phi) is 4.37. The molecule has 0 saturated heterocycles. The average Bonchev–Trinajstić information content (AvgIpc) is 2.83. The summed E-state index contributed by atoms with van der Waals surface area (Å²) in [5.74, 6) is 5.86. The number of hydrazine groups is 1. The number of hydrogen-bond donors (Lipinski definition) is 2. The minimum atomic E-state index is -2.96. The Morgan fingerprint density at radius 2 is 2.33 bits per heavy atom. The fraction of sp³-hybridized carbons (Fsp3) is 0.727. The summed E-state index contributed by atoms with van der Waals surface area (Å²) in [6.45, 7) is 0. The summed E-state index contributed by atoms with van der Waals surface area (Å²) in [6.07, 6.45) is 4.70. The van der Waals surface area contributed by atoms with Gasteiger partial charge in [-0.1, -0.05) is 6.42 Å². The molecule has 0 amide bonds. The van der Waals surface area contributed by atoms with Crippen LogP contribution in [-0.2, 0) is 9.84 Å². The molecule has 0 bridgehead atoms. The smallest absolute Gasteiger partial charge is 0.150 e. The first-order valence-electron chi connectivity index (χ1n) is 6.05. The van der Waals surface area contributed by atoms with Gasteiger partial charge in [0.05, 0.1) is 22.5 Å². The van der Waals surface area contributed by atoms with E-state index >= 15 is 0 Å². The topological polar surface area (TPSA) is 85.1 Å². The molecule has 2 rings (SSSR count). The minimum absolute atomic E-state index is 0.0409. The van der Waals surface area contributed by atoms with Crippen molar-refractivity contribution >= 4 is 21.2 Å². The summed E-state index contributed by atoms with van der Waals surface area (Å²) in [6, 6.07) is -0.0409. The van der Waals surface area contributed by atoms with Crippen molar-refractivity contribution in [3.63, 3.8) is 0 Å². The van der Waals surface area contributed by atoms with Crippen molar-refractivity contribution in [3.05, 3.63) is 16.6 Å². The lowest BCUT2D eigenvalue weighted by atomic mass is 9.83. The van der Waals surface area contributed by atoms with Crippen LogP contribution >= 0.6 is 11.3 Å². The summed E-state index contributed by atoms with van der Waals surface area (Å²) >= 11 is 1.53. The Morgan fingerprint density at radius 1 is 1.56 bits per heavy atom. The van der Waals surface area contributed by atoms with E-state index in [2.05, 4.69) is 10.4 Å². The molecule has 1 aromatic rings. The number of thiazole rings is 1. The highest BCUT2D eigenvalue weighted by Gasteiger charge is 2.33. The molecule has 1 aliphatic rings. The average molecular weight is 289 g/mol. The summed E-state index contributed by atoms with van der Waals surface area (Å²) in [7, 11) is -2.96. The van der Waals surface area contributed by atoms with Crippen molar-refractivity contribution in [3.8, 4) is 0 Å². The molecule has 1 aliphatic carbocycles. The van der Waals surface area contributed by atoms with Gasteiger partial charge in [0.15, 0.2) is 0 Å². The minimum Gasteiger partial charge on any atom is -0.271 e. The van der Waals surface area contributed by atoms with E-state index in [-0.39, 0.29) is 17.2 Å². The number of nitrogens with zero attached hydrogens (tertiary/aromatic N) is 1. The van der Waals surface area contributed by atoms with E-state index in [1.165, 1.54) is 17.6 Å². The molecule has 3 unspecified atom stereocenters. The maximum absolute atomic E-state index is 11.7. The molecule has 102 valence electrons. The van der Waals surface area contributed by atoms with E-state index < -0.39 is 9.84 Å². The van der Waals surface area contributed by atoms with Gasteiger partial charge < -0.3 is 0 Å². The summed E-state index contributed by atoms with van der Waals surface area (Å²) in [5, 5.41) is 1.74. The Labute approximate surface area is 112 Å². The number of nitrogens with two attached hydrogens (primary N) is 1. The number of hydrogen-bond acceptors (Lipinski definition) is 6. The molecule has 1 aromatic heterocycles. The standard InChI is InChI=1S/C11H19N3O2S2/c1-18(15,16)9-4-2-3-8(5-9)11(14-12)10-6-17-7-13-10/h6-9,11,14H,2-5,12H2,1H3. The zero-order valence-corrected chi connectivity index (χ0v) is 12.0. The normalized spacial score (nSPS) is 27.0. The van der Waals surface area contributed by atoms with E-state index in [0.717, 1.165) is 25.0 Å². The van der Waals surface area contributed by atoms with E-state index in [0.29, 0.717) is 6.42 Å². The third kappa shape index (κ3) is 3.09. The molecule has 1 fully saturated rings. The molecule has 0 aliphatic heterocycles. The Bertz CT molecular complexity index is 472. The first-order chi connectivity index (χ1) is 8.52. The van der Waals surface area contributed by atoms with Crippen molar-refractivity contribution in [1.82, 2.24) is 10.4 Å². The predicted octanol–water partition coefficient (Wildman–Crippen LogP) is 1.25. The van der Waals surface area contributed by atoms with Crippen molar-refractivity contribution in [1.29, 1.82) is 0 Å². The number of aromatic nitrogens is 1. The highest BCUT2D eigenvalue weighted by atomic mass is 32.2. The zero-order chi connectivity index (χ0) is 13.2. The largest absolute Gasteiger partial charge is 0.271 e. The molecular formula is C11H19N3O2S2. The highest BCUT2D eigenvalue weighted by molar-refractivity contribution is 7.91. The van der Waals surface area contributed by atoms with Crippen molar-refractivity contribution in [2.45, 2.75) is 37.0 Å². The molecule has 5 nitrogen and oxygen atoms in total. The number of sulfone groups is 1. The van der Waals surface area contributed by atoms with E-state index in [1.807, 2.05) is 5.38 Å². The van der Waals surface area contributed by atoms with Crippen LogP contribution in [0.25, 0.3) is 0 Å². The summed E-state index contributed by atoms with van der Waals surface area (Å²) in [5.41, 5.74) is 5.49. The SMILES string of the molecule is CS(=O)(=O)C1CCCC(C(NN)c2cscn2)C1. The molecule has 0 aromatic carbocycles. The molecule has 0 spiro atoms. The zero-order valence-electron chi connectivity index (χ0n) is 10.4. The molecule has 18 heavy (non-hydrogen) atoms. The van der Waals surface area contributed by atoms with Gasteiger partial charge in [-0.3, -0.25) is 11.3 Å². The fourth-order valence-corrected chi connectivity index (χ4v) is 4.49. The quantitative estimate of drug-likeness (QED) is 0.643. The number of nitrogens with one attached hydrogen (secondary N) is 1. The van der Waals surface area contributed by atoms with Crippen LogP contribution in [0.3, 0.4) is 0 Å². The van der Waals surface area contributed by atoms with E-state index in [9.17, 15) is 8.42 Å². The summed E-state index contributed by atoms with van der Waals surface area (Å²) in [4.78, 5) is 4.28. The van der Waals surface area contributed by atoms with Crippen LogP contribution in [0.15, 0.2) is 10.9 Å². The molecule has 3 atom stereocenters. The van der Waals surface area contributed by atoms with Crippen molar-refractivity contribution in [2.75, 3.05) is 6.26 Å². The molecular weight excluding hydrogens is 270 g/mol. The molecule has 1 heterocycles. The number of rotatable bonds is 4. The Balaban J connectivity index is 2.12. The van der Waals surface area contributed by atoms with Crippen LogP contribution in [0.5, 0.6) is 0 Å². The van der Waals surface area contributed by atoms with Crippen LogP contribution < -0.4 is 11.3 Å². The van der Waals surface area contributed by atoms with Gasteiger partial charge in [0.1, 0.15) is 9.84 Å². The van der Waals surface area contributed by atoms with Crippen LogP contribution in [0, 0.1) is 5.92 Å². The maximum atomic E-state index is 11.7. The molecule has 3 N–H and O–H groups in total. The van der Waals surface area contributed by atoms with Gasteiger partial charge in [0.25, 0.3) is 0 Å². The van der Waals surface area contributed by atoms with Gasteiger partial charge in [-0.05, 0) is 25.2 Å². The van der Waals surface area contributed by atoms with Gasteiger partial charge >= 0.3 is 0 Å². The second-order valence-corrected chi connectivity index (χ2v) is 7.98. The Morgan fingerprint density at radius 3 is 2.89 bits per heavy atom. The van der Waals surface area contributed by atoms with Gasteiger partial charge in [0.2, 0.25) is 0 Å². The third-order valence-corrected chi connectivity index (χ3v) is 5.94.